The van der Waals surface area contributed by atoms with Gasteiger partial charge in [-0.25, -0.2) is 0 Å². The van der Waals surface area contributed by atoms with E-state index >= 15 is 0 Å². The van der Waals surface area contributed by atoms with Crippen LogP contribution in [0.3, 0.4) is 0 Å². The van der Waals surface area contributed by atoms with E-state index in [-0.39, 0.29) is 0 Å². The van der Waals surface area contributed by atoms with Crippen molar-refractivity contribution in [1.82, 2.24) is 5.32 Å². The molecular formula is C10H27N. The van der Waals surface area contributed by atoms with Gasteiger partial charge in [-0.3, -0.25) is 0 Å². The maximum atomic E-state index is 3.11. The molecule has 0 amide bonds. The zero-order valence-electron chi connectivity index (χ0n) is 9.49. The summed E-state index contributed by atoms with van der Waals surface area (Å²) in [7, 11) is 0. The van der Waals surface area contributed by atoms with E-state index in [9.17, 15) is 0 Å². The second-order valence-electron chi connectivity index (χ2n) is 2.69. The SMILES string of the molecule is CC.CC(C)C.CCNCC. The molecule has 0 atom stereocenters. The lowest BCUT2D eigenvalue weighted by Crippen LogP contribution is -2.09. The molecule has 0 aliphatic heterocycles. The molecule has 0 radical (unpaired) electrons. The topological polar surface area (TPSA) is 12.0 Å². The lowest BCUT2D eigenvalue weighted by Gasteiger charge is -1.86. The molecule has 0 aliphatic rings. The van der Waals surface area contributed by atoms with Crippen molar-refractivity contribution in [2.24, 2.45) is 5.92 Å². The fourth-order valence-corrected chi connectivity index (χ4v) is 0.250. The van der Waals surface area contributed by atoms with Gasteiger partial charge in [-0.05, 0) is 19.0 Å². The first-order chi connectivity index (χ1) is 5.15. The maximum absolute atomic E-state index is 3.11. The van der Waals surface area contributed by atoms with Crippen LogP contribution in [0.15, 0.2) is 0 Å². The summed E-state index contributed by atoms with van der Waals surface area (Å²) < 4.78 is 0. The zero-order chi connectivity index (χ0) is 9.70. The Labute approximate surface area is 73.6 Å². The molecule has 0 saturated carbocycles. The van der Waals surface area contributed by atoms with E-state index in [0.717, 1.165) is 19.0 Å². The van der Waals surface area contributed by atoms with Crippen LogP contribution in [0.25, 0.3) is 0 Å². The zero-order valence-corrected chi connectivity index (χ0v) is 9.49. The number of hydrogen-bond donors (Lipinski definition) is 1. The standard InChI is InChI=1S/C4H11N.C4H10.C2H6/c1-3-5-4-2;1-4(2)3;1-2/h5H,3-4H2,1-2H3;4H,1-3H3;1-2H3. The minimum atomic E-state index is 0.833. The molecule has 0 bridgehead atoms. The van der Waals surface area contributed by atoms with Crippen LogP contribution in [0.2, 0.25) is 0 Å². The summed E-state index contributed by atoms with van der Waals surface area (Å²) >= 11 is 0. The van der Waals surface area contributed by atoms with Gasteiger partial charge in [0.15, 0.2) is 0 Å². The third kappa shape index (κ3) is 164. The lowest BCUT2D eigenvalue weighted by atomic mass is 10.3. The Morgan fingerprint density at radius 1 is 0.909 bits per heavy atom. The van der Waals surface area contributed by atoms with Gasteiger partial charge < -0.3 is 5.32 Å². The quantitative estimate of drug-likeness (QED) is 0.655. The van der Waals surface area contributed by atoms with Crippen LogP contribution < -0.4 is 5.32 Å². The second kappa shape index (κ2) is 22.5. The van der Waals surface area contributed by atoms with Gasteiger partial charge >= 0.3 is 0 Å². The molecule has 0 unspecified atom stereocenters. The van der Waals surface area contributed by atoms with E-state index in [1.807, 2.05) is 13.8 Å². The summed E-state index contributed by atoms with van der Waals surface area (Å²) in [5, 5.41) is 3.11. The molecule has 0 aliphatic carbocycles. The van der Waals surface area contributed by atoms with Crippen molar-refractivity contribution in [3.05, 3.63) is 0 Å². The van der Waals surface area contributed by atoms with Gasteiger partial charge in [0, 0.05) is 0 Å². The molecule has 0 rings (SSSR count). The molecule has 0 aromatic rings. The summed E-state index contributed by atoms with van der Waals surface area (Å²) in [5.74, 6) is 0.833. The van der Waals surface area contributed by atoms with E-state index in [1.165, 1.54) is 0 Å². The van der Waals surface area contributed by atoms with Gasteiger partial charge in [-0.2, -0.15) is 0 Å². The lowest BCUT2D eigenvalue weighted by molar-refractivity contribution is 0.737. The van der Waals surface area contributed by atoms with Crippen molar-refractivity contribution in [2.75, 3.05) is 13.1 Å². The first kappa shape index (κ1) is 17.2. The molecular weight excluding hydrogens is 134 g/mol. The van der Waals surface area contributed by atoms with Crippen LogP contribution in [0, 0.1) is 5.92 Å². The van der Waals surface area contributed by atoms with Gasteiger partial charge in [-0.1, -0.05) is 48.5 Å². The third-order valence-corrected chi connectivity index (χ3v) is 0.500. The van der Waals surface area contributed by atoms with Crippen molar-refractivity contribution in [3.63, 3.8) is 0 Å². The van der Waals surface area contributed by atoms with Crippen LogP contribution in [0.4, 0.5) is 0 Å². The fraction of sp³-hybridized carbons (Fsp3) is 1.00. The van der Waals surface area contributed by atoms with Crippen molar-refractivity contribution < 1.29 is 0 Å². The van der Waals surface area contributed by atoms with E-state index in [1.54, 1.807) is 0 Å². The first-order valence-electron chi connectivity index (χ1n) is 4.85. The fourth-order valence-electron chi connectivity index (χ4n) is 0.250. The average molecular weight is 161 g/mol. The van der Waals surface area contributed by atoms with E-state index in [4.69, 9.17) is 0 Å². The maximum Gasteiger partial charge on any atom is -0.00775 e. The minimum absolute atomic E-state index is 0.833. The second-order valence-corrected chi connectivity index (χ2v) is 2.69. The van der Waals surface area contributed by atoms with Crippen LogP contribution >= 0.6 is 0 Å². The molecule has 0 fully saturated rings. The predicted octanol–water partition coefficient (Wildman–Crippen LogP) is 3.30. The Balaban J connectivity index is -0.0000000965. The Kier molecular flexibility index (Phi) is 35.1. The van der Waals surface area contributed by atoms with Crippen LogP contribution in [0.1, 0.15) is 48.5 Å². The summed E-state index contributed by atoms with van der Waals surface area (Å²) in [6, 6.07) is 0. The van der Waals surface area contributed by atoms with Crippen LogP contribution in [0.5, 0.6) is 0 Å². The third-order valence-electron chi connectivity index (χ3n) is 0.500. The Hall–Kier alpha value is -0.0400. The van der Waals surface area contributed by atoms with Crippen molar-refractivity contribution in [2.45, 2.75) is 48.5 Å². The normalized spacial score (nSPS) is 7.64. The molecule has 0 aromatic heterocycles. The summed E-state index contributed by atoms with van der Waals surface area (Å²) in [6.07, 6.45) is 0. The van der Waals surface area contributed by atoms with Gasteiger partial charge in [0.2, 0.25) is 0 Å². The molecule has 1 N–H and O–H groups in total. The van der Waals surface area contributed by atoms with Crippen LogP contribution in [-0.2, 0) is 0 Å². The van der Waals surface area contributed by atoms with Gasteiger partial charge in [0.25, 0.3) is 0 Å². The predicted molar refractivity (Wildman–Crippen MR) is 56.1 cm³/mol. The highest BCUT2D eigenvalue weighted by molar-refractivity contribution is 4.27. The van der Waals surface area contributed by atoms with Gasteiger partial charge in [-0.15, -0.1) is 0 Å². The molecule has 0 heterocycles. The molecule has 1 heteroatoms. The Morgan fingerprint density at radius 3 is 1.09 bits per heavy atom. The number of nitrogens with one attached hydrogen (secondary N) is 1. The molecule has 72 valence electrons. The summed E-state index contributed by atoms with van der Waals surface area (Å²) in [4.78, 5) is 0. The smallest absolute Gasteiger partial charge is 0.00775 e. The Bertz CT molecular complexity index is 29.1. The van der Waals surface area contributed by atoms with Gasteiger partial charge in [0.1, 0.15) is 0 Å². The van der Waals surface area contributed by atoms with Gasteiger partial charge in [0.05, 0.1) is 0 Å². The highest BCUT2D eigenvalue weighted by Crippen LogP contribution is 1.81. The highest BCUT2D eigenvalue weighted by atomic mass is 14.8. The van der Waals surface area contributed by atoms with Crippen LogP contribution in [-0.4, -0.2) is 13.1 Å². The Morgan fingerprint density at radius 2 is 1.09 bits per heavy atom. The largest absolute Gasteiger partial charge is 0.317 e. The van der Waals surface area contributed by atoms with Crippen molar-refractivity contribution in [3.8, 4) is 0 Å². The summed E-state index contributed by atoms with van der Waals surface area (Å²) in [6.45, 7) is 16.9. The van der Waals surface area contributed by atoms with E-state index in [2.05, 4.69) is 39.9 Å². The van der Waals surface area contributed by atoms with Crippen molar-refractivity contribution in [1.29, 1.82) is 0 Å². The molecule has 1 nitrogen and oxygen atoms in total. The average Bonchev–Trinajstić information content (AvgIpc) is 1.93. The first-order valence-corrected chi connectivity index (χ1v) is 4.85. The molecule has 11 heavy (non-hydrogen) atoms. The molecule has 0 spiro atoms. The minimum Gasteiger partial charge on any atom is -0.317 e. The number of hydrogen-bond acceptors (Lipinski definition) is 1. The molecule has 0 aromatic carbocycles. The highest BCUT2D eigenvalue weighted by Gasteiger charge is 1.68. The van der Waals surface area contributed by atoms with E-state index in [0.29, 0.717) is 0 Å². The van der Waals surface area contributed by atoms with E-state index < -0.39 is 0 Å². The number of rotatable bonds is 2. The summed E-state index contributed by atoms with van der Waals surface area (Å²) in [5.41, 5.74) is 0. The monoisotopic (exact) mass is 161 g/mol. The molecule has 0 saturated heterocycles. The van der Waals surface area contributed by atoms with Crippen molar-refractivity contribution >= 4 is 0 Å².